The molecule has 1 saturated heterocycles. The lowest BCUT2D eigenvalue weighted by atomic mass is 9.92. The van der Waals surface area contributed by atoms with Gasteiger partial charge in [-0.2, -0.15) is 5.10 Å². The molecule has 184 valence electrons. The predicted octanol–water partition coefficient (Wildman–Crippen LogP) is 4.64. The Hall–Kier alpha value is -3.00. The molecule has 35 heavy (non-hydrogen) atoms. The van der Waals surface area contributed by atoms with Gasteiger partial charge in [-0.05, 0) is 76.7 Å². The number of likely N-dealkylation sites (tertiary alicyclic amines) is 1. The van der Waals surface area contributed by atoms with Gasteiger partial charge in [0, 0.05) is 24.2 Å². The maximum atomic E-state index is 13.5. The molecule has 3 aromatic heterocycles. The van der Waals surface area contributed by atoms with Gasteiger partial charge >= 0.3 is 0 Å². The molecule has 0 atom stereocenters. The lowest BCUT2D eigenvalue weighted by molar-refractivity contribution is 0.0642. The second-order valence-electron chi connectivity index (χ2n) is 10.4. The van der Waals surface area contributed by atoms with Crippen molar-refractivity contribution in [3.63, 3.8) is 0 Å². The Kier molecular flexibility index (Phi) is 5.92. The minimum absolute atomic E-state index is 0.0285. The molecule has 4 heterocycles. The van der Waals surface area contributed by atoms with E-state index in [0.717, 1.165) is 37.4 Å². The van der Waals surface area contributed by atoms with Crippen molar-refractivity contribution < 1.29 is 9.21 Å². The van der Waals surface area contributed by atoms with E-state index in [9.17, 15) is 4.79 Å². The molecule has 6 rings (SSSR count). The zero-order valence-electron chi connectivity index (χ0n) is 20.5. The van der Waals surface area contributed by atoms with Gasteiger partial charge in [-0.15, -0.1) is 0 Å². The molecule has 1 aliphatic heterocycles. The van der Waals surface area contributed by atoms with E-state index in [0.29, 0.717) is 35.4 Å². The Morgan fingerprint density at radius 3 is 2.63 bits per heavy atom. The second-order valence-corrected chi connectivity index (χ2v) is 10.4. The third kappa shape index (κ3) is 4.40. The van der Waals surface area contributed by atoms with Crippen LogP contribution in [0.15, 0.2) is 35.0 Å². The van der Waals surface area contributed by atoms with E-state index in [1.807, 2.05) is 25.1 Å². The quantitative estimate of drug-likeness (QED) is 0.537. The number of hydrogen-bond acceptors (Lipinski definition) is 6. The van der Waals surface area contributed by atoms with Crippen LogP contribution in [-0.4, -0.2) is 55.7 Å². The Morgan fingerprint density at radius 1 is 1.11 bits per heavy atom. The number of carbonyl (C=O) groups excluding carboxylic acids is 1. The molecule has 2 saturated carbocycles. The number of nitrogens with zero attached hydrogens (tertiary/aromatic N) is 5. The fraction of sp³-hybridized carbons (Fsp3) is 0.556. The Balaban J connectivity index is 1.25. The Morgan fingerprint density at radius 2 is 1.91 bits per heavy atom. The summed E-state index contributed by atoms with van der Waals surface area (Å²) in [6.45, 7) is 4.94. The van der Waals surface area contributed by atoms with E-state index in [4.69, 9.17) is 9.40 Å². The summed E-state index contributed by atoms with van der Waals surface area (Å²) in [5, 5.41) is 7.90. The van der Waals surface area contributed by atoms with Crippen LogP contribution in [0.4, 0.5) is 0 Å². The normalized spacial score (nSPS) is 20.3. The lowest BCUT2D eigenvalue weighted by Crippen LogP contribution is -2.55. The van der Waals surface area contributed by atoms with E-state index in [1.54, 1.807) is 17.1 Å². The molecule has 8 nitrogen and oxygen atoms in total. The van der Waals surface area contributed by atoms with Gasteiger partial charge in [0.25, 0.3) is 11.9 Å². The predicted molar refractivity (Wildman–Crippen MR) is 133 cm³/mol. The Labute approximate surface area is 206 Å². The van der Waals surface area contributed by atoms with Gasteiger partial charge in [0.15, 0.2) is 5.76 Å². The first-order valence-electron chi connectivity index (χ1n) is 13.1. The number of amides is 1. The molecular formula is C27H34N6O2. The van der Waals surface area contributed by atoms with Gasteiger partial charge in [-0.1, -0.05) is 19.3 Å². The molecule has 8 heteroatoms. The van der Waals surface area contributed by atoms with Crippen molar-refractivity contribution in [2.75, 3.05) is 19.6 Å². The van der Waals surface area contributed by atoms with Crippen LogP contribution in [-0.2, 0) is 0 Å². The molecule has 1 N–H and O–H groups in total. The Bertz CT molecular complexity index is 1200. The maximum absolute atomic E-state index is 13.5. The first kappa shape index (κ1) is 22.5. The third-order valence-corrected chi connectivity index (χ3v) is 7.98. The average Bonchev–Trinajstić information content (AvgIpc) is 3.26. The highest BCUT2D eigenvalue weighted by Gasteiger charge is 2.41. The smallest absolute Gasteiger partial charge is 0.254 e. The molecule has 0 aromatic carbocycles. The number of rotatable bonds is 7. The van der Waals surface area contributed by atoms with Gasteiger partial charge in [-0.3, -0.25) is 9.69 Å². The van der Waals surface area contributed by atoms with Crippen LogP contribution in [0.1, 0.15) is 85.5 Å². The highest BCUT2D eigenvalue weighted by atomic mass is 16.3. The molecule has 0 bridgehead atoms. The van der Waals surface area contributed by atoms with Crippen LogP contribution < -0.4 is 5.32 Å². The molecule has 3 aliphatic rings. The van der Waals surface area contributed by atoms with Crippen molar-refractivity contribution >= 4 is 5.91 Å². The van der Waals surface area contributed by atoms with Gasteiger partial charge in [0.1, 0.15) is 11.5 Å². The molecule has 0 spiro atoms. The zero-order chi connectivity index (χ0) is 23.8. The topological polar surface area (TPSA) is 89.1 Å². The molecule has 1 amide bonds. The van der Waals surface area contributed by atoms with Crippen molar-refractivity contribution in [1.29, 1.82) is 0 Å². The number of hydrogen-bond donors (Lipinski definition) is 1. The average molecular weight is 475 g/mol. The monoisotopic (exact) mass is 474 g/mol. The van der Waals surface area contributed by atoms with Crippen molar-refractivity contribution in [2.45, 2.75) is 76.2 Å². The molecule has 0 unspecified atom stereocenters. The molecule has 2 aliphatic carbocycles. The summed E-state index contributed by atoms with van der Waals surface area (Å²) < 4.78 is 7.50. The number of carbonyl (C=O) groups is 1. The fourth-order valence-electron chi connectivity index (χ4n) is 5.95. The summed E-state index contributed by atoms with van der Waals surface area (Å²) in [5.74, 6) is 2.29. The molecule has 3 fully saturated rings. The van der Waals surface area contributed by atoms with E-state index < -0.39 is 0 Å². The SMILES string of the molecule is Cc1ccc(-c2ccnc(-n3ncc(C(=O)NCC4(N5CCCCC5)CCCC4)c3C3CC3)n2)o1. The van der Waals surface area contributed by atoms with Crippen LogP contribution in [0.2, 0.25) is 0 Å². The van der Waals surface area contributed by atoms with Gasteiger partial charge in [0.05, 0.1) is 17.5 Å². The lowest BCUT2D eigenvalue weighted by Gasteiger charge is -2.43. The zero-order valence-corrected chi connectivity index (χ0v) is 20.5. The van der Waals surface area contributed by atoms with Crippen molar-refractivity contribution in [3.05, 3.63) is 47.6 Å². The first-order valence-corrected chi connectivity index (χ1v) is 13.1. The minimum atomic E-state index is -0.0285. The van der Waals surface area contributed by atoms with Crippen LogP contribution in [0.25, 0.3) is 17.4 Å². The molecule has 3 aromatic rings. The summed E-state index contributed by atoms with van der Waals surface area (Å²) in [6, 6.07) is 5.66. The fourth-order valence-corrected chi connectivity index (χ4v) is 5.95. The van der Waals surface area contributed by atoms with Crippen molar-refractivity contribution in [1.82, 2.24) is 30.0 Å². The van der Waals surface area contributed by atoms with E-state index in [-0.39, 0.29) is 11.4 Å². The summed E-state index contributed by atoms with van der Waals surface area (Å²) >= 11 is 0. The van der Waals surface area contributed by atoms with Crippen molar-refractivity contribution in [3.8, 4) is 17.4 Å². The summed E-state index contributed by atoms with van der Waals surface area (Å²) in [7, 11) is 0. The van der Waals surface area contributed by atoms with E-state index >= 15 is 0 Å². The van der Waals surface area contributed by atoms with Crippen LogP contribution in [0.5, 0.6) is 0 Å². The third-order valence-electron chi connectivity index (χ3n) is 7.98. The first-order chi connectivity index (χ1) is 17.1. The van der Waals surface area contributed by atoms with Gasteiger partial charge < -0.3 is 9.73 Å². The van der Waals surface area contributed by atoms with Crippen LogP contribution >= 0.6 is 0 Å². The summed E-state index contributed by atoms with van der Waals surface area (Å²) in [5.41, 5.74) is 2.40. The number of furan rings is 1. The number of nitrogens with one attached hydrogen (secondary N) is 1. The van der Waals surface area contributed by atoms with E-state index in [2.05, 4.69) is 20.3 Å². The second kappa shape index (κ2) is 9.22. The number of aryl methyl sites for hydroxylation is 1. The van der Waals surface area contributed by atoms with Crippen LogP contribution in [0, 0.1) is 6.92 Å². The maximum Gasteiger partial charge on any atom is 0.254 e. The number of aromatic nitrogens is 4. The van der Waals surface area contributed by atoms with Crippen LogP contribution in [0.3, 0.4) is 0 Å². The highest BCUT2D eigenvalue weighted by Crippen LogP contribution is 2.42. The molecule has 0 radical (unpaired) electrons. The van der Waals surface area contributed by atoms with Crippen molar-refractivity contribution in [2.24, 2.45) is 0 Å². The highest BCUT2D eigenvalue weighted by molar-refractivity contribution is 5.95. The minimum Gasteiger partial charge on any atom is -0.460 e. The number of piperidine rings is 1. The largest absolute Gasteiger partial charge is 0.460 e. The summed E-state index contributed by atoms with van der Waals surface area (Å²) in [4.78, 5) is 25.3. The summed E-state index contributed by atoms with van der Waals surface area (Å²) in [6.07, 6.45) is 14.2. The van der Waals surface area contributed by atoms with Gasteiger partial charge in [0.2, 0.25) is 0 Å². The molecular weight excluding hydrogens is 440 g/mol. The van der Waals surface area contributed by atoms with Gasteiger partial charge in [-0.25, -0.2) is 14.6 Å². The standard InChI is InChI=1S/C27H34N6O2/c1-19-7-10-23(35-19)22-11-14-28-26(31-22)33-24(20-8-9-20)21(17-30-33)25(34)29-18-27(12-3-4-13-27)32-15-5-2-6-16-32/h7,10-11,14,17,20H,2-6,8-9,12-13,15-16,18H2,1H3,(H,29,34). The van der Waals surface area contributed by atoms with E-state index in [1.165, 1.54) is 44.9 Å².